The number of carbonyl (C=O) groups is 1. The number of carboxylic acids is 1. The number of carboxylic acid groups (broad SMARTS) is 1. The Balaban J connectivity index is 2.02. The summed E-state index contributed by atoms with van der Waals surface area (Å²) in [6, 6.07) is 12.0. The molecule has 0 bridgehead atoms. The number of benzene rings is 2. The molecular formula is C24H25FO5. The van der Waals surface area contributed by atoms with Crippen LogP contribution in [-0.2, 0) is 4.79 Å². The number of aliphatic hydroxyl groups excluding tert-OH is 2. The highest BCUT2D eigenvalue weighted by molar-refractivity contribution is 5.99. The van der Waals surface area contributed by atoms with Gasteiger partial charge in [0.1, 0.15) is 17.2 Å². The number of aliphatic carboxylic acids is 1. The summed E-state index contributed by atoms with van der Waals surface area (Å²) in [5, 5.41) is 29.5. The first-order valence-electron chi connectivity index (χ1n) is 9.83. The van der Waals surface area contributed by atoms with Crippen molar-refractivity contribution in [3.8, 4) is 11.1 Å². The minimum atomic E-state index is -1.15. The predicted molar refractivity (Wildman–Crippen MR) is 114 cm³/mol. The van der Waals surface area contributed by atoms with E-state index < -0.39 is 24.6 Å². The van der Waals surface area contributed by atoms with Crippen LogP contribution in [-0.4, -0.2) is 33.5 Å². The number of furan rings is 1. The third-order valence-corrected chi connectivity index (χ3v) is 4.92. The maximum Gasteiger partial charge on any atom is 0.305 e. The number of fused-ring (bicyclic) bond motifs is 1. The average molecular weight is 412 g/mol. The van der Waals surface area contributed by atoms with Gasteiger partial charge >= 0.3 is 5.97 Å². The molecule has 0 saturated heterocycles. The molecule has 158 valence electrons. The second-order valence-electron chi connectivity index (χ2n) is 7.64. The largest absolute Gasteiger partial charge is 0.481 e. The molecule has 3 aromatic rings. The van der Waals surface area contributed by atoms with E-state index in [0.29, 0.717) is 5.76 Å². The SMILES string of the molecule is CC(C)c1cccc2c(-c3ccc(F)cc3)c(/C=C/[C@@H](O)C[C@@H](O)CC(=O)O)oc12. The molecule has 6 heteroatoms. The van der Waals surface area contributed by atoms with Crippen LogP contribution in [0.4, 0.5) is 4.39 Å². The van der Waals surface area contributed by atoms with Crippen molar-refractivity contribution in [3.05, 3.63) is 65.7 Å². The molecular weight excluding hydrogens is 387 g/mol. The lowest BCUT2D eigenvalue weighted by molar-refractivity contribution is -0.139. The van der Waals surface area contributed by atoms with Crippen LogP contribution in [0.15, 0.2) is 53.0 Å². The normalized spacial score (nSPS) is 13.9. The molecule has 0 unspecified atom stereocenters. The number of halogens is 1. The molecule has 30 heavy (non-hydrogen) atoms. The fraction of sp³-hybridized carbons (Fsp3) is 0.292. The number of hydrogen-bond acceptors (Lipinski definition) is 4. The second kappa shape index (κ2) is 9.24. The Bertz CT molecular complexity index is 1050. The van der Waals surface area contributed by atoms with Gasteiger partial charge in [0.05, 0.1) is 18.6 Å². The van der Waals surface area contributed by atoms with E-state index in [4.69, 9.17) is 9.52 Å². The Morgan fingerprint density at radius 2 is 1.83 bits per heavy atom. The van der Waals surface area contributed by atoms with Crippen LogP contribution >= 0.6 is 0 Å². The summed E-state index contributed by atoms with van der Waals surface area (Å²) in [5.74, 6) is -0.740. The van der Waals surface area contributed by atoms with E-state index in [1.54, 1.807) is 18.2 Å². The molecule has 3 N–H and O–H groups in total. The van der Waals surface area contributed by atoms with Gasteiger partial charge in [-0.2, -0.15) is 0 Å². The number of para-hydroxylation sites is 1. The lowest BCUT2D eigenvalue weighted by atomic mass is 9.96. The maximum absolute atomic E-state index is 13.4. The smallest absolute Gasteiger partial charge is 0.305 e. The first-order valence-corrected chi connectivity index (χ1v) is 9.83. The molecule has 0 aliphatic rings. The van der Waals surface area contributed by atoms with Crippen molar-refractivity contribution < 1.29 is 28.9 Å². The van der Waals surface area contributed by atoms with Gasteiger partial charge in [-0.1, -0.05) is 50.3 Å². The van der Waals surface area contributed by atoms with E-state index >= 15 is 0 Å². The summed E-state index contributed by atoms with van der Waals surface area (Å²) in [5.41, 5.74) is 3.32. The molecule has 2 atom stereocenters. The summed E-state index contributed by atoms with van der Waals surface area (Å²) in [6.07, 6.45) is 0.339. The number of hydrogen-bond donors (Lipinski definition) is 3. The van der Waals surface area contributed by atoms with E-state index in [1.807, 2.05) is 18.2 Å². The van der Waals surface area contributed by atoms with E-state index in [2.05, 4.69) is 13.8 Å². The zero-order valence-corrected chi connectivity index (χ0v) is 16.9. The van der Waals surface area contributed by atoms with E-state index in [9.17, 15) is 19.4 Å². The van der Waals surface area contributed by atoms with Gasteiger partial charge in [-0.3, -0.25) is 4.79 Å². The van der Waals surface area contributed by atoms with E-state index in [1.165, 1.54) is 18.2 Å². The molecule has 0 aliphatic carbocycles. The summed E-state index contributed by atoms with van der Waals surface area (Å²) in [6.45, 7) is 4.13. The summed E-state index contributed by atoms with van der Waals surface area (Å²) < 4.78 is 19.6. The molecule has 0 amide bonds. The van der Waals surface area contributed by atoms with E-state index in [0.717, 1.165) is 27.7 Å². The topological polar surface area (TPSA) is 90.9 Å². The molecule has 5 nitrogen and oxygen atoms in total. The third kappa shape index (κ3) is 4.96. The van der Waals surface area contributed by atoms with Gasteiger partial charge < -0.3 is 19.7 Å². The molecule has 0 aliphatic heterocycles. The van der Waals surface area contributed by atoms with Gasteiger partial charge in [-0.05, 0) is 35.3 Å². The molecule has 0 spiro atoms. The Labute approximate surface area is 174 Å². The van der Waals surface area contributed by atoms with E-state index in [-0.39, 0.29) is 18.2 Å². The van der Waals surface area contributed by atoms with Crippen molar-refractivity contribution in [1.82, 2.24) is 0 Å². The van der Waals surface area contributed by atoms with Crippen molar-refractivity contribution >= 4 is 23.0 Å². The highest BCUT2D eigenvalue weighted by atomic mass is 19.1. The first kappa shape index (κ1) is 21.7. The van der Waals surface area contributed by atoms with Gasteiger partial charge in [0, 0.05) is 17.4 Å². The van der Waals surface area contributed by atoms with Crippen LogP contribution in [0.2, 0.25) is 0 Å². The molecule has 3 rings (SSSR count). The van der Waals surface area contributed by atoms with Crippen LogP contribution in [0.5, 0.6) is 0 Å². The fourth-order valence-electron chi connectivity index (χ4n) is 3.49. The minimum Gasteiger partial charge on any atom is -0.481 e. The first-order chi connectivity index (χ1) is 14.3. The van der Waals surface area contributed by atoms with Gasteiger partial charge in [-0.25, -0.2) is 4.39 Å². The Morgan fingerprint density at radius 3 is 2.47 bits per heavy atom. The van der Waals surface area contributed by atoms with Crippen LogP contribution < -0.4 is 0 Å². The van der Waals surface area contributed by atoms with Crippen LogP contribution in [0, 0.1) is 5.82 Å². The number of aliphatic hydroxyl groups is 2. The highest BCUT2D eigenvalue weighted by Gasteiger charge is 2.19. The zero-order chi connectivity index (χ0) is 21.8. The second-order valence-corrected chi connectivity index (χ2v) is 7.64. The monoisotopic (exact) mass is 412 g/mol. The van der Waals surface area contributed by atoms with Crippen molar-refractivity contribution in [2.24, 2.45) is 0 Å². The zero-order valence-electron chi connectivity index (χ0n) is 16.9. The van der Waals surface area contributed by atoms with Crippen molar-refractivity contribution in [2.45, 2.75) is 44.8 Å². The molecule has 0 saturated carbocycles. The van der Waals surface area contributed by atoms with Gasteiger partial charge in [-0.15, -0.1) is 0 Å². The Morgan fingerprint density at radius 1 is 1.13 bits per heavy atom. The summed E-state index contributed by atoms with van der Waals surface area (Å²) >= 11 is 0. The van der Waals surface area contributed by atoms with Crippen LogP contribution in [0.1, 0.15) is 43.9 Å². The molecule has 1 heterocycles. The molecule has 0 fully saturated rings. The lowest BCUT2D eigenvalue weighted by Gasteiger charge is -2.10. The van der Waals surface area contributed by atoms with Gasteiger partial charge in [0.15, 0.2) is 0 Å². The lowest BCUT2D eigenvalue weighted by Crippen LogP contribution is -2.19. The van der Waals surface area contributed by atoms with Gasteiger partial charge in [0.2, 0.25) is 0 Å². The predicted octanol–water partition coefficient (Wildman–Crippen LogP) is 4.96. The average Bonchev–Trinajstić information content (AvgIpc) is 3.04. The quantitative estimate of drug-likeness (QED) is 0.486. The van der Waals surface area contributed by atoms with Crippen molar-refractivity contribution in [3.63, 3.8) is 0 Å². The Kier molecular flexibility index (Phi) is 6.70. The van der Waals surface area contributed by atoms with Crippen molar-refractivity contribution in [1.29, 1.82) is 0 Å². The summed E-state index contributed by atoms with van der Waals surface area (Å²) in [7, 11) is 0. The number of rotatable bonds is 8. The maximum atomic E-state index is 13.4. The Hall–Kier alpha value is -2.96. The minimum absolute atomic E-state index is 0.105. The summed E-state index contributed by atoms with van der Waals surface area (Å²) in [4.78, 5) is 10.7. The fourth-order valence-corrected chi connectivity index (χ4v) is 3.49. The highest BCUT2D eigenvalue weighted by Crippen LogP contribution is 2.39. The van der Waals surface area contributed by atoms with Crippen LogP contribution in [0.25, 0.3) is 28.2 Å². The molecule has 1 aromatic heterocycles. The third-order valence-electron chi connectivity index (χ3n) is 4.92. The van der Waals surface area contributed by atoms with Crippen molar-refractivity contribution in [2.75, 3.05) is 0 Å². The molecule has 0 radical (unpaired) electrons. The molecule has 2 aromatic carbocycles. The van der Waals surface area contributed by atoms with Gasteiger partial charge in [0.25, 0.3) is 0 Å². The van der Waals surface area contributed by atoms with Crippen LogP contribution in [0.3, 0.4) is 0 Å². The standard InChI is InChI=1S/C24H25FO5/c1-14(2)19-4-3-5-20-23(15-6-8-16(25)9-7-15)21(30-24(19)20)11-10-17(26)12-18(27)13-22(28)29/h3-11,14,17-18,26-27H,12-13H2,1-2H3,(H,28,29)/b11-10+/t17-,18-/m1/s1.